The van der Waals surface area contributed by atoms with Gasteiger partial charge < -0.3 is 0 Å². The number of rotatable bonds is 1. The summed E-state index contributed by atoms with van der Waals surface area (Å²) in [6.07, 6.45) is 0. The first-order valence-corrected chi connectivity index (χ1v) is 3.86. The molecule has 3 heteroatoms. The predicted molar refractivity (Wildman–Crippen MR) is 46.1 cm³/mol. The standard InChI is InChI=1S/C9H8ClFO/c1-5-3-6(2)8(11)4-7(5)9(10)12/h3-4H,1-2H3. The fourth-order valence-electron chi connectivity index (χ4n) is 1.04. The van der Waals surface area contributed by atoms with Gasteiger partial charge in [0, 0.05) is 5.56 Å². The molecule has 0 aliphatic heterocycles. The molecule has 0 spiro atoms. The van der Waals surface area contributed by atoms with E-state index in [4.69, 9.17) is 11.6 Å². The van der Waals surface area contributed by atoms with Crippen molar-refractivity contribution >= 4 is 16.8 Å². The first kappa shape index (κ1) is 9.20. The zero-order chi connectivity index (χ0) is 9.30. The summed E-state index contributed by atoms with van der Waals surface area (Å²) in [5.41, 5.74) is 1.46. The van der Waals surface area contributed by atoms with Gasteiger partial charge in [0.25, 0.3) is 5.24 Å². The van der Waals surface area contributed by atoms with E-state index in [-0.39, 0.29) is 5.56 Å². The summed E-state index contributed by atoms with van der Waals surface area (Å²) in [6.45, 7) is 3.37. The molecule has 1 rings (SSSR count). The van der Waals surface area contributed by atoms with E-state index in [2.05, 4.69) is 0 Å². The SMILES string of the molecule is Cc1cc(C)c(C(=O)Cl)cc1F. The predicted octanol–water partition coefficient (Wildman–Crippen LogP) is 2.82. The molecule has 0 saturated carbocycles. The van der Waals surface area contributed by atoms with Crippen LogP contribution < -0.4 is 0 Å². The van der Waals surface area contributed by atoms with Crippen LogP contribution in [0.15, 0.2) is 12.1 Å². The normalized spacial score (nSPS) is 10.0. The highest BCUT2D eigenvalue weighted by Gasteiger charge is 2.08. The van der Waals surface area contributed by atoms with Gasteiger partial charge in [-0.05, 0) is 42.6 Å². The summed E-state index contributed by atoms with van der Waals surface area (Å²) in [7, 11) is 0. The van der Waals surface area contributed by atoms with Crippen molar-refractivity contribution < 1.29 is 9.18 Å². The molecule has 0 aromatic heterocycles. The third-order valence-corrected chi connectivity index (χ3v) is 1.92. The van der Waals surface area contributed by atoms with E-state index in [1.54, 1.807) is 19.9 Å². The highest BCUT2D eigenvalue weighted by atomic mass is 35.5. The summed E-state index contributed by atoms with van der Waals surface area (Å²) in [5, 5.41) is -0.619. The van der Waals surface area contributed by atoms with Gasteiger partial charge in [0.15, 0.2) is 0 Å². The third kappa shape index (κ3) is 1.64. The number of carbonyl (C=O) groups excluding carboxylic acids is 1. The minimum Gasteiger partial charge on any atom is -0.276 e. The average Bonchev–Trinajstić information content (AvgIpc) is 1.96. The molecule has 0 N–H and O–H groups in total. The molecular weight excluding hydrogens is 179 g/mol. The molecule has 12 heavy (non-hydrogen) atoms. The van der Waals surface area contributed by atoms with Crippen LogP contribution in [0.3, 0.4) is 0 Å². The quantitative estimate of drug-likeness (QED) is 0.617. The third-order valence-electron chi connectivity index (χ3n) is 1.72. The lowest BCUT2D eigenvalue weighted by atomic mass is 10.1. The van der Waals surface area contributed by atoms with E-state index >= 15 is 0 Å². The number of hydrogen-bond acceptors (Lipinski definition) is 1. The number of benzene rings is 1. The monoisotopic (exact) mass is 186 g/mol. The van der Waals surface area contributed by atoms with Crippen LogP contribution in [-0.2, 0) is 0 Å². The van der Waals surface area contributed by atoms with Gasteiger partial charge in [0.2, 0.25) is 0 Å². The zero-order valence-corrected chi connectivity index (χ0v) is 7.57. The molecule has 0 aliphatic rings. The van der Waals surface area contributed by atoms with Crippen molar-refractivity contribution in [3.8, 4) is 0 Å². The topological polar surface area (TPSA) is 17.1 Å². The maximum atomic E-state index is 12.9. The molecule has 0 bridgehead atoms. The lowest BCUT2D eigenvalue weighted by molar-refractivity contribution is 0.108. The van der Waals surface area contributed by atoms with Crippen molar-refractivity contribution in [2.75, 3.05) is 0 Å². The summed E-state index contributed by atoms with van der Waals surface area (Å²) in [5.74, 6) is -0.399. The minimum atomic E-state index is -0.619. The Labute approximate surface area is 75.2 Å². The van der Waals surface area contributed by atoms with Crippen LogP contribution in [-0.4, -0.2) is 5.24 Å². The number of halogens is 2. The van der Waals surface area contributed by atoms with Crippen molar-refractivity contribution in [1.82, 2.24) is 0 Å². The van der Waals surface area contributed by atoms with E-state index in [1.165, 1.54) is 6.07 Å². The van der Waals surface area contributed by atoms with Crippen LogP contribution in [0.5, 0.6) is 0 Å². The number of hydrogen-bond donors (Lipinski definition) is 0. The minimum absolute atomic E-state index is 0.236. The fraction of sp³-hybridized carbons (Fsp3) is 0.222. The molecule has 1 aromatic rings. The summed E-state index contributed by atoms with van der Waals surface area (Å²) in [6, 6.07) is 2.77. The second kappa shape index (κ2) is 3.23. The highest BCUT2D eigenvalue weighted by Crippen LogP contribution is 2.16. The van der Waals surface area contributed by atoms with Crippen LogP contribution in [0.25, 0.3) is 0 Å². The Morgan fingerprint density at radius 3 is 2.42 bits per heavy atom. The van der Waals surface area contributed by atoms with Crippen LogP contribution in [0, 0.1) is 19.7 Å². The van der Waals surface area contributed by atoms with Gasteiger partial charge in [-0.3, -0.25) is 4.79 Å². The van der Waals surface area contributed by atoms with Gasteiger partial charge in [-0.15, -0.1) is 0 Å². The van der Waals surface area contributed by atoms with E-state index in [1.807, 2.05) is 0 Å². The molecule has 0 aliphatic carbocycles. The molecule has 1 aromatic carbocycles. The maximum absolute atomic E-state index is 12.9. The first-order valence-electron chi connectivity index (χ1n) is 3.49. The second-order valence-electron chi connectivity index (χ2n) is 2.69. The van der Waals surface area contributed by atoms with Crippen molar-refractivity contribution in [3.05, 3.63) is 34.6 Å². The van der Waals surface area contributed by atoms with Crippen LogP contribution in [0.4, 0.5) is 4.39 Å². The van der Waals surface area contributed by atoms with Crippen molar-refractivity contribution in [1.29, 1.82) is 0 Å². The van der Waals surface area contributed by atoms with E-state index in [0.717, 1.165) is 0 Å². The molecule has 0 amide bonds. The van der Waals surface area contributed by atoms with Gasteiger partial charge in [-0.25, -0.2) is 4.39 Å². The Balaban J connectivity index is 3.33. The first-order chi connectivity index (χ1) is 5.52. The summed E-state index contributed by atoms with van der Waals surface area (Å²) >= 11 is 5.23. The van der Waals surface area contributed by atoms with Gasteiger partial charge in [-0.1, -0.05) is 6.07 Å². The van der Waals surface area contributed by atoms with Crippen molar-refractivity contribution in [3.63, 3.8) is 0 Å². The lowest BCUT2D eigenvalue weighted by Crippen LogP contribution is -1.96. The Kier molecular flexibility index (Phi) is 2.48. The molecule has 0 saturated heterocycles. The van der Waals surface area contributed by atoms with Gasteiger partial charge in [0.05, 0.1) is 0 Å². The van der Waals surface area contributed by atoms with Crippen LogP contribution in [0.1, 0.15) is 21.5 Å². The Hall–Kier alpha value is -0.890. The summed E-state index contributed by atoms with van der Waals surface area (Å²) in [4.78, 5) is 10.7. The maximum Gasteiger partial charge on any atom is 0.252 e. The van der Waals surface area contributed by atoms with E-state index in [9.17, 15) is 9.18 Å². The Morgan fingerprint density at radius 1 is 1.33 bits per heavy atom. The largest absolute Gasteiger partial charge is 0.276 e. The Bertz CT molecular complexity index is 334. The molecule has 0 atom stereocenters. The second-order valence-corrected chi connectivity index (χ2v) is 3.03. The van der Waals surface area contributed by atoms with Crippen LogP contribution in [0.2, 0.25) is 0 Å². The van der Waals surface area contributed by atoms with Crippen molar-refractivity contribution in [2.45, 2.75) is 13.8 Å². The van der Waals surface area contributed by atoms with E-state index in [0.29, 0.717) is 11.1 Å². The number of carbonyl (C=O) groups is 1. The molecular formula is C9H8ClFO. The smallest absolute Gasteiger partial charge is 0.252 e. The molecule has 0 fully saturated rings. The van der Waals surface area contributed by atoms with Crippen molar-refractivity contribution in [2.24, 2.45) is 0 Å². The summed E-state index contributed by atoms with van der Waals surface area (Å²) < 4.78 is 12.9. The van der Waals surface area contributed by atoms with Gasteiger partial charge in [0.1, 0.15) is 5.82 Å². The molecule has 0 radical (unpaired) electrons. The molecule has 0 heterocycles. The number of aryl methyl sites for hydroxylation is 2. The molecule has 0 unspecified atom stereocenters. The highest BCUT2D eigenvalue weighted by molar-refractivity contribution is 6.67. The van der Waals surface area contributed by atoms with Gasteiger partial charge >= 0.3 is 0 Å². The van der Waals surface area contributed by atoms with Gasteiger partial charge in [-0.2, -0.15) is 0 Å². The zero-order valence-electron chi connectivity index (χ0n) is 6.82. The fourth-order valence-corrected chi connectivity index (χ4v) is 1.24. The average molecular weight is 187 g/mol. The van der Waals surface area contributed by atoms with E-state index < -0.39 is 11.1 Å². The Morgan fingerprint density at radius 2 is 1.92 bits per heavy atom. The molecule has 64 valence electrons. The lowest BCUT2D eigenvalue weighted by Gasteiger charge is -2.02. The van der Waals surface area contributed by atoms with Crippen LogP contribution >= 0.6 is 11.6 Å². The molecule has 1 nitrogen and oxygen atoms in total.